The van der Waals surface area contributed by atoms with Crippen LogP contribution in [0.15, 0.2) is 11.1 Å². The molecule has 2 rings (SSSR count). The number of halogens is 2. The Bertz CT molecular complexity index is 1130. The molecule has 0 bridgehead atoms. The SMILES string of the molecule is Nc1ncn([C@@H]2O[C@H](COP(=O)(O)OP(=O)(O)OP(=O)(O)O)C(O)C2(Cl)C#CCl)c(=O)n1. The zero-order chi connectivity index (χ0) is 24.5. The summed E-state index contributed by atoms with van der Waals surface area (Å²) in [5, 5.41) is 12.4. The van der Waals surface area contributed by atoms with Crippen molar-refractivity contribution in [2.75, 3.05) is 12.3 Å². The molecule has 32 heavy (non-hydrogen) atoms. The van der Waals surface area contributed by atoms with E-state index in [0.717, 1.165) is 6.33 Å². The van der Waals surface area contributed by atoms with Crippen molar-refractivity contribution in [3.8, 4) is 11.3 Å². The molecule has 7 N–H and O–H groups in total. The van der Waals surface area contributed by atoms with Gasteiger partial charge in [-0.3, -0.25) is 9.09 Å². The van der Waals surface area contributed by atoms with E-state index in [4.69, 9.17) is 48.4 Å². The van der Waals surface area contributed by atoms with E-state index in [2.05, 4.69) is 29.0 Å². The van der Waals surface area contributed by atoms with Crippen LogP contribution in [-0.4, -0.2) is 62.9 Å². The standard InChI is InChI=1S/C10H13Cl2N4O13P3/c11-2-1-10(12)6(17)5(27-7(10)16-4-14-8(13)15-9(16)18)3-26-31(22,23)29-32(24,25)28-30(19,20)21/h4-7,17H,3H2,(H,22,23)(H,24,25)(H2,13,15,18)(H2,19,20,21)/t5-,6?,7-,10?/m1/s1. The molecule has 1 aliphatic heterocycles. The second-order valence-electron chi connectivity index (χ2n) is 5.75. The third-order valence-corrected chi connectivity index (χ3v) is 7.90. The zero-order valence-corrected chi connectivity index (χ0v) is 19.2. The van der Waals surface area contributed by atoms with Crippen LogP contribution in [0.3, 0.4) is 0 Å². The number of alkyl halides is 1. The Labute approximate surface area is 187 Å². The van der Waals surface area contributed by atoms with Gasteiger partial charge in [-0.1, -0.05) is 17.5 Å². The Morgan fingerprint density at radius 1 is 1.25 bits per heavy atom. The average molecular weight is 561 g/mol. The number of nitrogen functional groups attached to an aromatic ring is 1. The predicted octanol–water partition coefficient (Wildman–Crippen LogP) is -1.00. The van der Waals surface area contributed by atoms with Crippen molar-refractivity contribution >= 4 is 52.6 Å². The maximum atomic E-state index is 12.1. The lowest BCUT2D eigenvalue weighted by atomic mass is 9.99. The summed E-state index contributed by atoms with van der Waals surface area (Å²) in [6, 6.07) is 0. The van der Waals surface area contributed by atoms with Gasteiger partial charge in [0.05, 0.1) is 6.61 Å². The number of hydrogen-bond acceptors (Lipinski definition) is 12. The first-order valence-electron chi connectivity index (χ1n) is 7.64. The molecule has 0 aliphatic carbocycles. The van der Waals surface area contributed by atoms with Crippen LogP contribution in [0.5, 0.6) is 0 Å². The molecule has 1 aromatic heterocycles. The quantitative estimate of drug-likeness (QED) is 0.126. The van der Waals surface area contributed by atoms with Crippen molar-refractivity contribution in [2.24, 2.45) is 0 Å². The lowest BCUT2D eigenvalue weighted by Gasteiger charge is -2.25. The predicted molar refractivity (Wildman–Crippen MR) is 103 cm³/mol. The molecule has 180 valence electrons. The Balaban J connectivity index is 2.23. The molecule has 2 heterocycles. The number of phosphoric acid groups is 3. The number of nitrogens with zero attached hydrogens (tertiary/aromatic N) is 3. The number of aliphatic hydroxyl groups excluding tert-OH is 1. The van der Waals surface area contributed by atoms with Crippen molar-refractivity contribution in [1.82, 2.24) is 14.5 Å². The molecular formula is C10H13Cl2N4O13P3. The van der Waals surface area contributed by atoms with Crippen molar-refractivity contribution in [2.45, 2.75) is 23.3 Å². The van der Waals surface area contributed by atoms with Crippen molar-refractivity contribution in [3.63, 3.8) is 0 Å². The molecule has 1 fully saturated rings. The first kappa shape index (κ1) is 27.3. The van der Waals surface area contributed by atoms with Crippen LogP contribution < -0.4 is 11.4 Å². The minimum Gasteiger partial charge on any atom is -0.387 e. The van der Waals surface area contributed by atoms with Gasteiger partial charge >= 0.3 is 29.2 Å². The van der Waals surface area contributed by atoms with Crippen LogP contribution in [0.25, 0.3) is 0 Å². The average Bonchev–Trinajstić information content (AvgIpc) is 2.82. The maximum Gasteiger partial charge on any atom is 0.490 e. The summed E-state index contributed by atoms with van der Waals surface area (Å²) in [6.45, 7) is -1.08. The molecule has 22 heteroatoms. The van der Waals surface area contributed by atoms with Gasteiger partial charge in [0.15, 0.2) is 11.1 Å². The number of aliphatic hydroxyl groups is 1. The third kappa shape index (κ3) is 6.80. The number of hydrogen-bond donors (Lipinski definition) is 6. The van der Waals surface area contributed by atoms with Crippen molar-refractivity contribution in [1.29, 1.82) is 0 Å². The minimum absolute atomic E-state index is 0.391. The summed E-state index contributed by atoms with van der Waals surface area (Å²) in [6.07, 6.45) is -4.27. The van der Waals surface area contributed by atoms with Gasteiger partial charge in [0.25, 0.3) is 0 Å². The van der Waals surface area contributed by atoms with Crippen LogP contribution >= 0.6 is 46.7 Å². The Hall–Kier alpha value is -0.920. The van der Waals surface area contributed by atoms with Crippen molar-refractivity contribution in [3.05, 3.63) is 16.8 Å². The molecule has 17 nitrogen and oxygen atoms in total. The third-order valence-electron chi connectivity index (χ3n) is 3.50. The number of anilines is 1. The monoisotopic (exact) mass is 560 g/mol. The highest BCUT2D eigenvalue weighted by atomic mass is 35.5. The highest BCUT2D eigenvalue weighted by molar-refractivity contribution is 7.66. The molecule has 0 saturated carbocycles. The number of nitrogens with two attached hydrogens (primary N) is 1. The van der Waals surface area contributed by atoms with Gasteiger partial charge in [-0.05, 0) is 11.6 Å². The molecule has 0 spiro atoms. The lowest BCUT2D eigenvalue weighted by Crippen LogP contribution is -2.43. The van der Waals surface area contributed by atoms with E-state index < -0.39 is 65.0 Å². The minimum atomic E-state index is -5.76. The molecule has 0 radical (unpaired) electrons. The molecule has 0 amide bonds. The fourth-order valence-electron chi connectivity index (χ4n) is 2.35. The summed E-state index contributed by atoms with van der Waals surface area (Å²) in [4.78, 5) is 52.5. The van der Waals surface area contributed by atoms with Crippen molar-refractivity contribution < 1.29 is 56.3 Å². The molecule has 6 atom stereocenters. The number of rotatable bonds is 8. The summed E-state index contributed by atoms with van der Waals surface area (Å²) >= 11 is 11.6. The van der Waals surface area contributed by atoms with E-state index in [1.807, 2.05) is 5.38 Å². The first-order chi connectivity index (χ1) is 14.5. The topological polar surface area (TPSA) is 263 Å². The van der Waals surface area contributed by atoms with E-state index in [1.54, 1.807) is 0 Å². The largest absolute Gasteiger partial charge is 0.490 e. The van der Waals surface area contributed by atoms with Gasteiger partial charge in [-0.25, -0.2) is 23.5 Å². The molecular weight excluding hydrogens is 548 g/mol. The Morgan fingerprint density at radius 3 is 2.41 bits per heavy atom. The lowest BCUT2D eigenvalue weighted by molar-refractivity contribution is -0.0458. The van der Waals surface area contributed by atoms with Crippen LogP contribution in [-0.2, 0) is 31.6 Å². The molecule has 1 aromatic rings. The number of ether oxygens (including phenoxy) is 1. The van der Waals surface area contributed by atoms with Gasteiger partial charge in [-0.15, -0.1) is 0 Å². The van der Waals surface area contributed by atoms with E-state index in [0.29, 0.717) is 4.57 Å². The zero-order valence-electron chi connectivity index (χ0n) is 15.0. The van der Waals surface area contributed by atoms with Gasteiger partial charge in [-0.2, -0.15) is 13.6 Å². The highest BCUT2D eigenvalue weighted by Gasteiger charge is 2.57. The molecule has 0 aromatic carbocycles. The highest BCUT2D eigenvalue weighted by Crippen LogP contribution is 2.66. The van der Waals surface area contributed by atoms with Crippen LogP contribution in [0.4, 0.5) is 5.95 Å². The Morgan fingerprint density at radius 2 is 1.88 bits per heavy atom. The van der Waals surface area contributed by atoms with E-state index >= 15 is 0 Å². The second kappa shape index (κ2) is 9.75. The summed E-state index contributed by atoms with van der Waals surface area (Å²) in [5.41, 5.74) is 4.26. The van der Waals surface area contributed by atoms with Crippen LogP contribution in [0.1, 0.15) is 6.23 Å². The number of phosphoric ester groups is 1. The van der Waals surface area contributed by atoms with Gasteiger partial charge in [0.1, 0.15) is 18.5 Å². The molecule has 1 saturated heterocycles. The van der Waals surface area contributed by atoms with Gasteiger partial charge < -0.3 is 35.2 Å². The van der Waals surface area contributed by atoms with Crippen LogP contribution in [0.2, 0.25) is 0 Å². The number of aromatic nitrogens is 3. The smallest absolute Gasteiger partial charge is 0.387 e. The summed E-state index contributed by atoms with van der Waals surface area (Å²) in [7, 11) is -16.9. The first-order valence-corrected chi connectivity index (χ1v) is 12.9. The second-order valence-corrected chi connectivity index (χ2v) is 11.0. The maximum absolute atomic E-state index is 12.1. The van der Waals surface area contributed by atoms with E-state index in [9.17, 15) is 28.5 Å². The van der Waals surface area contributed by atoms with Gasteiger partial charge in [0.2, 0.25) is 5.95 Å². The Kier molecular flexibility index (Phi) is 8.32. The summed E-state index contributed by atoms with van der Waals surface area (Å²) in [5.74, 6) is 1.81. The van der Waals surface area contributed by atoms with E-state index in [1.165, 1.54) is 0 Å². The normalized spacial score (nSPS) is 29.5. The fraction of sp³-hybridized carbons (Fsp3) is 0.500. The molecule has 1 aliphatic rings. The molecule has 4 unspecified atom stereocenters. The van der Waals surface area contributed by atoms with Gasteiger partial charge in [0, 0.05) is 5.38 Å². The van der Waals surface area contributed by atoms with E-state index in [-0.39, 0.29) is 0 Å². The fourth-order valence-corrected chi connectivity index (χ4v) is 5.93. The van der Waals surface area contributed by atoms with Crippen LogP contribution in [0, 0.1) is 11.3 Å². The summed E-state index contributed by atoms with van der Waals surface area (Å²) < 4.78 is 51.4.